The van der Waals surface area contributed by atoms with Crippen molar-refractivity contribution in [3.05, 3.63) is 54.4 Å². The third-order valence-corrected chi connectivity index (χ3v) is 3.07. The summed E-state index contributed by atoms with van der Waals surface area (Å²) in [4.78, 5) is 14.6. The molecule has 3 heterocycles. The molecule has 21 heavy (non-hydrogen) atoms. The summed E-state index contributed by atoms with van der Waals surface area (Å²) in [6.45, 7) is 0.494. The normalized spacial score (nSPS) is 10.7. The van der Waals surface area contributed by atoms with Crippen molar-refractivity contribution in [3.8, 4) is 0 Å². The van der Waals surface area contributed by atoms with Gasteiger partial charge in [-0.05, 0) is 18.2 Å². The molecule has 0 spiro atoms. The first-order chi connectivity index (χ1) is 10.1. The third kappa shape index (κ3) is 2.62. The van der Waals surface area contributed by atoms with Gasteiger partial charge < -0.3 is 14.1 Å². The number of amidine groups is 1. The molecule has 0 saturated heterocycles. The average molecular weight is 284 g/mol. The number of rotatable bonds is 3. The highest BCUT2D eigenvalue weighted by atomic mass is 16.4. The van der Waals surface area contributed by atoms with Crippen molar-refractivity contribution < 1.29 is 14.3 Å². The molecule has 0 fully saturated rings. The summed E-state index contributed by atoms with van der Waals surface area (Å²) in [7, 11) is 0. The van der Waals surface area contributed by atoms with E-state index < -0.39 is 6.09 Å². The summed E-state index contributed by atoms with van der Waals surface area (Å²) in [6, 6.07) is 5.51. The van der Waals surface area contributed by atoms with Gasteiger partial charge in [-0.15, -0.1) is 0 Å². The number of fused-ring (bicyclic) bond motifs is 1. The van der Waals surface area contributed by atoms with Crippen LogP contribution in [-0.4, -0.2) is 26.6 Å². The van der Waals surface area contributed by atoms with E-state index in [-0.39, 0.29) is 5.84 Å². The van der Waals surface area contributed by atoms with Gasteiger partial charge in [0.05, 0.1) is 17.6 Å². The Morgan fingerprint density at radius 1 is 1.48 bits per heavy atom. The Morgan fingerprint density at radius 2 is 2.33 bits per heavy atom. The highest BCUT2D eigenvalue weighted by Crippen LogP contribution is 2.17. The molecule has 106 valence electrons. The molecule has 0 saturated carbocycles. The SMILES string of the molecule is N=C(NC(=O)O)c1coc(Cn2ccc3cnccc32)c1. The molecule has 7 heteroatoms. The number of aromatic nitrogens is 2. The van der Waals surface area contributed by atoms with Gasteiger partial charge >= 0.3 is 6.09 Å². The number of carbonyl (C=O) groups is 1. The van der Waals surface area contributed by atoms with E-state index in [0.717, 1.165) is 10.9 Å². The van der Waals surface area contributed by atoms with Gasteiger partial charge in [0.25, 0.3) is 0 Å². The van der Waals surface area contributed by atoms with E-state index in [1.807, 2.05) is 28.2 Å². The van der Waals surface area contributed by atoms with Crippen molar-refractivity contribution in [1.82, 2.24) is 14.9 Å². The fraction of sp³-hybridized carbons (Fsp3) is 0.0714. The lowest BCUT2D eigenvalue weighted by molar-refractivity contribution is 0.200. The van der Waals surface area contributed by atoms with Gasteiger partial charge in [-0.3, -0.25) is 15.7 Å². The zero-order chi connectivity index (χ0) is 14.8. The van der Waals surface area contributed by atoms with Crippen LogP contribution in [0.4, 0.5) is 4.79 Å². The second-order valence-corrected chi connectivity index (χ2v) is 4.48. The topological polar surface area (TPSA) is 104 Å². The minimum absolute atomic E-state index is 0.209. The fourth-order valence-electron chi connectivity index (χ4n) is 2.12. The smallest absolute Gasteiger partial charge is 0.410 e. The lowest BCUT2D eigenvalue weighted by Crippen LogP contribution is -2.28. The number of hydrogen-bond acceptors (Lipinski definition) is 4. The standard InChI is InChI=1S/C14H12N4O3/c15-13(17-14(19)20)10-5-11(21-8-10)7-18-4-2-9-6-16-3-1-12(9)18/h1-6,8H,7H2,(H2,15,17)(H,19,20). The maximum absolute atomic E-state index is 10.5. The molecule has 0 aliphatic rings. The predicted octanol–water partition coefficient (Wildman–Crippen LogP) is 2.27. The summed E-state index contributed by atoms with van der Waals surface area (Å²) in [5, 5.41) is 19.2. The highest BCUT2D eigenvalue weighted by Gasteiger charge is 2.10. The zero-order valence-electron chi connectivity index (χ0n) is 10.9. The summed E-state index contributed by atoms with van der Waals surface area (Å²) < 4.78 is 7.37. The maximum Gasteiger partial charge on any atom is 0.410 e. The number of furan rings is 1. The molecular weight excluding hydrogens is 272 g/mol. The average Bonchev–Trinajstić information content (AvgIpc) is 3.06. The first-order valence-corrected chi connectivity index (χ1v) is 6.18. The summed E-state index contributed by atoms with van der Waals surface area (Å²) in [6.07, 6.45) is 5.52. The number of pyridine rings is 1. The predicted molar refractivity (Wildman–Crippen MR) is 75.5 cm³/mol. The Morgan fingerprint density at radius 3 is 3.14 bits per heavy atom. The molecular formula is C14H12N4O3. The van der Waals surface area contributed by atoms with Crippen LogP contribution in [0.5, 0.6) is 0 Å². The lowest BCUT2D eigenvalue weighted by atomic mass is 10.3. The van der Waals surface area contributed by atoms with E-state index >= 15 is 0 Å². The Bertz CT molecular complexity index is 818. The van der Waals surface area contributed by atoms with Crippen LogP contribution in [0, 0.1) is 5.41 Å². The monoisotopic (exact) mass is 284 g/mol. The van der Waals surface area contributed by atoms with Gasteiger partial charge in [-0.2, -0.15) is 0 Å². The Balaban J connectivity index is 1.81. The quantitative estimate of drug-likeness (QED) is 0.507. The van der Waals surface area contributed by atoms with Gasteiger partial charge in [-0.25, -0.2) is 4.79 Å². The molecule has 1 amide bonds. The van der Waals surface area contributed by atoms with Crippen molar-refractivity contribution in [1.29, 1.82) is 5.41 Å². The van der Waals surface area contributed by atoms with E-state index in [1.165, 1.54) is 6.26 Å². The number of nitrogens with one attached hydrogen (secondary N) is 2. The molecule has 7 nitrogen and oxygen atoms in total. The zero-order valence-corrected chi connectivity index (χ0v) is 10.9. The third-order valence-electron chi connectivity index (χ3n) is 3.07. The Labute approximate surface area is 119 Å². The van der Waals surface area contributed by atoms with Crippen LogP contribution >= 0.6 is 0 Å². The minimum Gasteiger partial charge on any atom is -0.467 e. The molecule has 0 atom stereocenters. The Hall–Kier alpha value is -3.09. The molecule has 0 unspecified atom stereocenters. The van der Waals surface area contributed by atoms with Gasteiger partial charge in [0, 0.05) is 24.0 Å². The van der Waals surface area contributed by atoms with Crippen molar-refractivity contribution >= 4 is 22.8 Å². The molecule has 3 rings (SSSR count). The molecule has 0 aliphatic heterocycles. The van der Waals surface area contributed by atoms with Crippen LogP contribution in [0.1, 0.15) is 11.3 Å². The van der Waals surface area contributed by atoms with Crippen molar-refractivity contribution in [3.63, 3.8) is 0 Å². The largest absolute Gasteiger partial charge is 0.467 e. The van der Waals surface area contributed by atoms with Crippen LogP contribution < -0.4 is 5.32 Å². The van der Waals surface area contributed by atoms with Gasteiger partial charge in [0.15, 0.2) is 0 Å². The van der Waals surface area contributed by atoms with Crippen LogP contribution in [-0.2, 0) is 6.54 Å². The van der Waals surface area contributed by atoms with E-state index in [1.54, 1.807) is 18.5 Å². The van der Waals surface area contributed by atoms with E-state index in [0.29, 0.717) is 17.9 Å². The van der Waals surface area contributed by atoms with Crippen LogP contribution in [0.2, 0.25) is 0 Å². The number of hydrogen-bond donors (Lipinski definition) is 3. The lowest BCUT2D eigenvalue weighted by Gasteiger charge is -2.02. The van der Waals surface area contributed by atoms with Gasteiger partial charge in [-0.1, -0.05) is 0 Å². The van der Waals surface area contributed by atoms with Crippen LogP contribution in [0.25, 0.3) is 10.9 Å². The summed E-state index contributed by atoms with van der Waals surface area (Å²) >= 11 is 0. The summed E-state index contributed by atoms with van der Waals surface area (Å²) in [5.74, 6) is 0.426. The Kier molecular flexibility index (Phi) is 3.15. The molecule has 0 aromatic carbocycles. The molecule has 3 aromatic rings. The molecule has 0 aliphatic carbocycles. The highest BCUT2D eigenvalue weighted by molar-refractivity contribution is 6.03. The number of amides is 1. The molecule has 3 N–H and O–H groups in total. The van der Waals surface area contributed by atoms with Gasteiger partial charge in [0.1, 0.15) is 17.9 Å². The molecule has 0 bridgehead atoms. The second kappa shape index (κ2) is 5.12. The van der Waals surface area contributed by atoms with Crippen LogP contribution in [0.15, 0.2) is 47.5 Å². The van der Waals surface area contributed by atoms with Crippen molar-refractivity contribution in [2.24, 2.45) is 0 Å². The molecule has 0 radical (unpaired) electrons. The number of nitrogens with zero attached hydrogens (tertiary/aromatic N) is 2. The minimum atomic E-state index is -1.27. The van der Waals surface area contributed by atoms with E-state index in [2.05, 4.69) is 4.98 Å². The maximum atomic E-state index is 10.5. The summed E-state index contributed by atoms with van der Waals surface area (Å²) in [5.41, 5.74) is 1.42. The molecule has 3 aromatic heterocycles. The second-order valence-electron chi connectivity index (χ2n) is 4.48. The van der Waals surface area contributed by atoms with Crippen molar-refractivity contribution in [2.75, 3.05) is 0 Å². The van der Waals surface area contributed by atoms with E-state index in [4.69, 9.17) is 14.9 Å². The van der Waals surface area contributed by atoms with Crippen molar-refractivity contribution in [2.45, 2.75) is 6.54 Å². The first-order valence-electron chi connectivity index (χ1n) is 6.18. The first kappa shape index (κ1) is 12.9. The van der Waals surface area contributed by atoms with Gasteiger partial charge in [0.2, 0.25) is 0 Å². The fourth-order valence-corrected chi connectivity index (χ4v) is 2.12. The number of carboxylic acid groups (broad SMARTS) is 1. The van der Waals surface area contributed by atoms with Crippen LogP contribution in [0.3, 0.4) is 0 Å². The van der Waals surface area contributed by atoms with E-state index in [9.17, 15) is 4.79 Å².